The molecule has 1 aliphatic rings. The van der Waals surface area contributed by atoms with Crippen LogP contribution in [0.25, 0.3) is 11.0 Å². The monoisotopic (exact) mass is 248 g/mol. The summed E-state index contributed by atoms with van der Waals surface area (Å²) in [4.78, 5) is 18.2. The molecule has 1 aliphatic carbocycles. The fourth-order valence-electron chi connectivity index (χ4n) is 2.31. The van der Waals surface area contributed by atoms with Crippen molar-refractivity contribution in [3.8, 4) is 0 Å². The lowest BCUT2D eigenvalue weighted by molar-refractivity contribution is 0.0692. The number of carboxylic acid groups (broad SMARTS) is 1. The number of nitrogens with one attached hydrogen (secondary N) is 1. The number of nitrogens with zero attached hydrogens (tertiary/aromatic N) is 1. The summed E-state index contributed by atoms with van der Waals surface area (Å²) >= 11 is 0. The Balaban J connectivity index is 1.97. The summed E-state index contributed by atoms with van der Waals surface area (Å²) in [5, 5.41) is 8.85. The van der Waals surface area contributed by atoms with Crippen molar-refractivity contribution in [2.45, 2.75) is 25.7 Å². The summed E-state index contributed by atoms with van der Waals surface area (Å²) in [5.74, 6) is -0.516. The number of imidazole rings is 1. The van der Waals surface area contributed by atoms with Gasteiger partial charge in [0.25, 0.3) is 0 Å². The van der Waals surface area contributed by atoms with Crippen molar-refractivity contribution in [1.29, 1.82) is 0 Å². The van der Waals surface area contributed by atoms with Gasteiger partial charge in [-0.15, -0.1) is 0 Å². The van der Waals surface area contributed by atoms with Gasteiger partial charge in [-0.2, -0.15) is 0 Å². The fraction of sp³-hybridized carbons (Fsp3) is 0.385. The number of fused-ring (bicyclic) bond motifs is 1. The third-order valence-corrected chi connectivity index (χ3v) is 3.56. The molecule has 0 unspecified atom stereocenters. The van der Waals surface area contributed by atoms with Crippen LogP contribution < -0.4 is 0 Å². The predicted octanol–water partition coefficient (Wildman–Crippen LogP) is 2.74. The molecule has 0 amide bonds. The number of halogens is 1. The maximum absolute atomic E-state index is 13.5. The lowest BCUT2D eigenvalue weighted by atomic mass is 9.83. The zero-order valence-electron chi connectivity index (χ0n) is 9.74. The Morgan fingerprint density at radius 2 is 2.28 bits per heavy atom. The van der Waals surface area contributed by atoms with Crippen LogP contribution in [0.5, 0.6) is 0 Å². The topological polar surface area (TPSA) is 66.0 Å². The van der Waals surface area contributed by atoms with Crippen LogP contribution in [-0.2, 0) is 6.42 Å². The molecule has 0 aliphatic heterocycles. The molecule has 94 valence electrons. The smallest absolute Gasteiger partial charge is 0.338 e. The lowest BCUT2D eigenvalue weighted by Gasteiger charge is -2.23. The Labute approximate surface area is 103 Å². The Bertz CT molecular complexity index is 617. The highest BCUT2D eigenvalue weighted by molar-refractivity contribution is 5.92. The van der Waals surface area contributed by atoms with Crippen LogP contribution in [0, 0.1) is 11.7 Å². The Morgan fingerprint density at radius 3 is 2.89 bits per heavy atom. The first-order valence-electron chi connectivity index (χ1n) is 6.05. The van der Waals surface area contributed by atoms with Gasteiger partial charge < -0.3 is 10.1 Å². The maximum atomic E-state index is 13.5. The Hall–Kier alpha value is -1.91. The molecule has 1 aromatic heterocycles. The first-order chi connectivity index (χ1) is 8.63. The lowest BCUT2D eigenvalue weighted by Crippen LogP contribution is -2.14. The number of aromatic carboxylic acids is 1. The van der Waals surface area contributed by atoms with Crippen LogP contribution in [0.15, 0.2) is 12.1 Å². The molecule has 18 heavy (non-hydrogen) atoms. The summed E-state index contributed by atoms with van der Waals surface area (Å²) < 4.78 is 13.5. The zero-order valence-corrected chi connectivity index (χ0v) is 9.74. The molecule has 2 N–H and O–H groups in total. The molecule has 4 nitrogen and oxygen atoms in total. The van der Waals surface area contributed by atoms with E-state index in [9.17, 15) is 9.18 Å². The van der Waals surface area contributed by atoms with Crippen LogP contribution in [0.3, 0.4) is 0 Å². The number of H-pyrrole nitrogens is 1. The van der Waals surface area contributed by atoms with Gasteiger partial charge >= 0.3 is 5.97 Å². The Kier molecular flexibility index (Phi) is 2.54. The minimum Gasteiger partial charge on any atom is -0.478 e. The second kappa shape index (κ2) is 4.08. The second-order valence-corrected chi connectivity index (χ2v) is 4.84. The average Bonchev–Trinajstić information content (AvgIpc) is 2.63. The predicted molar refractivity (Wildman–Crippen MR) is 64.1 cm³/mol. The third kappa shape index (κ3) is 1.85. The number of rotatable bonds is 3. The molecule has 0 atom stereocenters. The second-order valence-electron chi connectivity index (χ2n) is 4.84. The van der Waals surface area contributed by atoms with E-state index in [1.54, 1.807) is 0 Å². The highest BCUT2D eigenvalue weighted by Crippen LogP contribution is 2.29. The normalized spacial score (nSPS) is 15.8. The van der Waals surface area contributed by atoms with E-state index in [-0.39, 0.29) is 5.56 Å². The van der Waals surface area contributed by atoms with Gasteiger partial charge in [0.2, 0.25) is 0 Å². The molecule has 0 spiro atoms. The van der Waals surface area contributed by atoms with E-state index in [2.05, 4.69) is 9.97 Å². The number of carboxylic acids is 1. The number of hydrogen-bond acceptors (Lipinski definition) is 2. The van der Waals surface area contributed by atoms with Gasteiger partial charge in [0.15, 0.2) is 0 Å². The van der Waals surface area contributed by atoms with Crippen molar-refractivity contribution < 1.29 is 14.3 Å². The van der Waals surface area contributed by atoms with Crippen LogP contribution in [0.4, 0.5) is 4.39 Å². The number of carbonyl (C=O) groups is 1. The van der Waals surface area contributed by atoms with Crippen molar-refractivity contribution in [3.63, 3.8) is 0 Å². The van der Waals surface area contributed by atoms with Crippen molar-refractivity contribution in [1.82, 2.24) is 9.97 Å². The molecule has 1 heterocycles. The van der Waals surface area contributed by atoms with E-state index >= 15 is 0 Å². The van der Waals surface area contributed by atoms with E-state index < -0.39 is 11.8 Å². The number of aromatic amines is 1. The van der Waals surface area contributed by atoms with Crippen LogP contribution >= 0.6 is 0 Å². The van der Waals surface area contributed by atoms with Crippen LogP contribution in [0.1, 0.15) is 35.4 Å². The minimum atomic E-state index is -1.27. The van der Waals surface area contributed by atoms with Gasteiger partial charge in [-0.05, 0) is 12.0 Å². The van der Waals surface area contributed by atoms with Gasteiger partial charge in [-0.25, -0.2) is 14.2 Å². The number of hydrogen-bond donors (Lipinski definition) is 2. The molecule has 0 saturated heterocycles. The van der Waals surface area contributed by atoms with E-state index in [4.69, 9.17) is 5.11 Å². The molecule has 0 radical (unpaired) electrons. The summed E-state index contributed by atoms with van der Waals surface area (Å²) in [6.45, 7) is 0. The Morgan fingerprint density at radius 1 is 1.50 bits per heavy atom. The highest BCUT2D eigenvalue weighted by Gasteiger charge is 2.20. The van der Waals surface area contributed by atoms with Gasteiger partial charge in [0, 0.05) is 12.5 Å². The minimum absolute atomic E-state index is 0.329. The third-order valence-electron chi connectivity index (χ3n) is 3.56. The summed E-state index contributed by atoms with van der Waals surface area (Å²) in [7, 11) is 0. The van der Waals surface area contributed by atoms with Crippen molar-refractivity contribution in [3.05, 3.63) is 29.3 Å². The van der Waals surface area contributed by atoms with Crippen LogP contribution in [0.2, 0.25) is 0 Å². The molecule has 1 fully saturated rings. The highest BCUT2D eigenvalue weighted by atomic mass is 19.1. The molecule has 1 aromatic carbocycles. The first-order valence-corrected chi connectivity index (χ1v) is 6.05. The average molecular weight is 248 g/mol. The quantitative estimate of drug-likeness (QED) is 0.877. The SMILES string of the molecule is O=C(O)c1cc2nc(CC3CCC3)[nH]c2cc1F. The van der Waals surface area contributed by atoms with Gasteiger partial charge in [-0.1, -0.05) is 19.3 Å². The number of benzene rings is 1. The molecule has 2 aromatic rings. The van der Waals surface area contributed by atoms with Gasteiger partial charge in [0.1, 0.15) is 11.6 Å². The summed E-state index contributed by atoms with van der Waals surface area (Å²) in [6, 6.07) is 2.49. The maximum Gasteiger partial charge on any atom is 0.338 e. The van der Waals surface area contributed by atoms with E-state index in [0.717, 1.165) is 12.2 Å². The molecular formula is C13H13FN2O2. The summed E-state index contributed by atoms with van der Waals surface area (Å²) in [5.41, 5.74) is 0.749. The first kappa shape index (κ1) is 11.2. The van der Waals surface area contributed by atoms with Crippen molar-refractivity contribution >= 4 is 17.0 Å². The molecule has 0 bridgehead atoms. The zero-order chi connectivity index (χ0) is 12.7. The van der Waals surface area contributed by atoms with E-state index in [1.807, 2.05) is 0 Å². The molecular weight excluding hydrogens is 235 g/mol. The van der Waals surface area contributed by atoms with Crippen molar-refractivity contribution in [2.75, 3.05) is 0 Å². The standard InChI is InChI=1S/C13H13FN2O2/c14-9-6-11-10(5-8(9)13(17)18)15-12(16-11)4-7-2-1-3-7/h5-7H,1-4H2,(H,15,16)(H,17,18). The van der Waals surface area contributed by atoms with Gasteiger partial charge in [-0.3, -0.25) is 0 Å². The fourth-order valence-corrected chi connectivity index (χ4v) is 2.31. The van der Waals surface area contributed by atoms with E-state index in [1.165, 1.54) is 31.4 Å². The largest absolute Gasteiger partial charge is 0.478 e. The van der Waals surface area contributed by atoms with E-state index in [0.29, 0.717) is 17.0 Å². The van der Waals surface area contributed by atoms with Gasteiger partial charge in [0.05, 0.1) is 16.6 Å². The van der Waals surface area contributed by atoms with Crippen LogP contribution in [-0.4, -0.2) is 21.0 Å². The molecule has 1 saturated carbocycles. The summed E-state index contributed by atoms with van der Waals surface area (Å²) in [6.07, 6.45) is 4.55. The molecule has 3 rings (SSSR count). The number of aromatic nitrogens is 2. The molecule has 5 heteroatoms. The van der Waals surface area contributed by atoms with Crippen molar-refractivity contribution in [2.24, 2.45) is 5.92 Å².